The molecule has 3 rings (SSSR count). The number of carbonyl (C=O) groups excluding carboxylic acids is 1. The fraction of sp³-hybridized carbons (Fsp3) is 0.0952. The molecule has 28 heavy (non-hydrogen) atoms. The average Bonchev–Trinajstić information content (AvgIpc) is 2.74. The van der Waals surface area contributed by atoms with Crippen LogP contribution in [-0.2, 0) is 4.79 Å². The summed E-state index contributed by atoms with van der Waals surface area (Å²) in [5, 5.41) is 3.02. The minimum Gasteiger partial charge on any atom is -0.393 e. The van der Waals surface area contributed by atoms with Gasteiger partial charge in [0.25, 0.3) is 0 Å². The molecule has 0 bridgehead atoms. The molecule has 2 aromatic carbocycles. The van der Waals surface area contributed by atoms with Gasteiger partial charge in [-0.1, -0.05) is 66.7 Å². The van der Waals surface area contributed by atoms with Gasteiger partial charge in [-0.05, 0) is 11.1 Å². The van der Waals surface area contributed by atoms with Crippen molar-refractivity contribution < 1.29 is 4.79 Å². The molecule has 0 fully saturated rings. The molecule has 0 aliphatic heterocycles. The second kappa shape index (κ2) is 9.18. The van der Waals surface area contributed by atoms with E-state index < -0.39 is 5.92 Å². The molecule has 0 spiro atoms. The van der Waals surface area contributed by atoms with Crippen molar-refractivity contribution in [1.82, 2.24) is 15.4 Å². The summed E-state index contributed by atoms with van der Waals surface area (Å²) in [5.41, 5.74) is 13.7. The maximum absolute atomic E-state index is 13.0. The predicted molar refractivity (Wildman–Crippen MR) is 112 cm³/mol. The summed E-state index contributed by atoms with van der Waals surface area (Å²) in [4.78, 5) is 21.2. The number of nitrogens with one attached hydrogen (secondary N) is 3. The van der Waals surface area contributed by atoms with Gasteiger partial charge in [0, 0.05) is 6.54 Å². The molecule has 0 radical (unpaired) electrons. The number of hydrogen-bond donors (Lipinski definition) is 4. The zero-order valence-corrected chi connectivity index (χ0v) is 15.3. The van der Waals surface area contributed by atoms with Crippen molar-refractivity contribution in [2.45, 2.75) is 5.92 Å². The second-order valence-corrected chi connectivity index (χ2v) is 6.02. The fourth-order valence-electron chi connectivity index (χ4n) is 2.78. The van der Waals surface area contributed by atoms with Gasteiger partial charge in [-0.25, -0.2) is 9.97 Å². The number of rotatable bonds is 8. The lowest BCUT2D eigenvalue weighted by molar-refractivity contribution is -0.121. The third kappa shape index (κ3) is 4.45. The van der Waals surface area contributed by atoms with Crippen LogP contribution in [0.3, 0.4) is 0 Å². The molecular formula is C21H22N6O. The van der Waals surface area contributed by atoms with Crippen LogP contribution < -0.4 is 21.9 Å². The van der Waals surface area contributed by atoms with Crippen molar-refractivity contribution in [1.29, 1.82) is 0 Å². The molecule has 0 saturated carbocycles. The van der Waals surface area contributed by atoms with E-state index >= 15 is 0 Å². The summed E-state index contributed by atoms with van der Waals surface area (Å²) >= 11 is 0. The second-order valence-electron chi connectivity index (χ2n) is 6.02. The minimum atomic E-state index is -0.476. The smallest absolute Gasteiger partial charge is 0.250 e. The van der Waals surface area contributed by atoms with Crippen molar-refractivity contribution >= 4 is 23.2 Å². The van der Waals surface area contributed by atoms with E-state index in [0.717, 1.165) is 11.1 Å². The number of aromatic nitrogens is 2. The Labute approximate surface area is 163 Å². The first kappa shape index (κ1) is 18.9. The van der Waals surface area contributed by atoms with Crippen LogP contribution in [0.1, 0.15) is 17.0 Å². The standard InChI is InChI=1S/C21H22N6O/c1-2-13-23-19-18(22)20(25-14-24-19)26-27-21(28)17(15-9-5-3-6-10-15)16-11-7-4-8-12-16/h2-12,14,17H,1,13,22H2,(H,27,28)(H2,23,24,25,26). The number of carbonyl (C=O) groups is 1. The number of anilines is 3. The molecule has 0 aliphatic carbocycles. The summed E-state index contributed by atoms with van der Waals surface area (Å²) in [6.07, 6.45) is 3.06. The van der Waals surface area contributed by atoms with Crippen LogP contribution in [0.15, 0.2) is 79.6 Å². The predicted octanol–water partition coefficient (Wildman–Crippen LogP) is 2.93. The SMILES string of the molecule is C=CCNc1ncnc(NNC(=O)C(c2ccccc2)c2ccccc2)c1N. The molecule has 1 aromatic heterocycles. The number of hydrogen-bond acceptors (Lipinski definition) is 6. The highest BCUT2D eigenvalue weighted by molar-refractivity contribution is 5.88. The third-order valence-electron chi connectivity index (χ3n) is 4.13. The Bertz CT molecular complexity index is 891. The van der Waals surface area contributed by atoms with Crippen LogP contribution in [-0.4, -0.2) is 22.4 Å². The van der Waals surface area contributed by atoms with Crippen molar-refractivity contribution in [2.24, 2.45) is 0 Å². The van der Waals surface area contributed by atoms with Gasteiger partial charge in [0.15, 0.2) is 11.6 Å². The Morgan fingerprint density at radius 3 is 2.14 bits per heavy atom. The zero-order valence-electron chi connectivity index (χ0n) is 15.3. The first-order valence-corrected chi connectivity index (χ1v) is 8.81. The van der Waals surface area contributed by atoms with Gasteiger partial charge in [-0.2, -0.15) is 0 Å². The van der Waals surface area contributed by atoms with E-state index in [1.54, 1.807) is 6.08 Å². The number of nitrogens with zero attached hydrogens (tertiary/aromatic N) is 2. The van der Waals surface area contributed by atoms with E-state index in [2.05, 4.69) is 32.7 Å². The van der Waals surface area contributed by atoms with E-state index in [-0.39, 0.29) is 5.91 Å². The number of benzene rings is 2. The van der Waals surface area contributed by atoms with Gasteiger partial charge in [0.1, 0.15) is 12.0 Å². The Hall–Kier alpha value is -3.87. The summed E-state index contributed by atoms with van der Waals surface area (Å²) in [7, 11) is 0. The summed E-state index contributed by atoms with van der Waals surface area (Å²) in [6, 6.07) is 19.2. The molecule has 1 amide bonds. The Morgan fingerprint density at radius 2 is 1.57 bits per heavy atom. The van der Waals surface area contributed by atoms with Crippen molar-refractivity contribution in [3.8, 4) is 0 Å². The van der Waals surface area contributed by atoms with Crippen LogP contribution in [0, 0.1) is 0 Å². The lowest BCUT2D eigenvalue weighted by Gasteiger charge is -2.19. The summed E-state index contributed by atoms with van der Waals surface area (Å²) in [6.45, 7) is 4.16. The Morgan fingerprint density at radius 1 is 1.00 bits per heavy atom. The van der Waals surface area contributed by atoms with E-state index in [4.69, 9.17) is 5.73 Å². The third-order valence-corrected chi connectivity index (χ3v) is 4.13. The average molecular weight is 374 g/mol. The molecule has 5 N–H and O–H groups in total. The number of nitrogen functional groups attached to an aromatic ring is 1. The van der Waals surface area contributed by atoms with Crippen LogP contribution in [0.4, 0.5) is 17.3 Å². The lowest BCUT2D eigenvalue weighted by Crippen LogP contribution is -2.35. The van der Waals surface area contributed by atoms with E-state index in [0.29, 0.717) is 23.9 Å². The van der Waals surface area contributed by atoms with Crippen molar-refractivity contribution in [2.75, 3.05) is 23.0 Å². The molecule has 1 heterocycles. The first-order chi connectivity index (χ1) is 13.7. The van der Waals surface area contributed by atoms with Gasteiger partial charge in [-0.15, -0.1) is 6.58 Å². The highest BCUT2D eigenvalue weighted by Gasteiger charge is 2.22. The molecule has 0 saturated heterocycles. The van der Waals surface area contributed by atoms with Crippen LogP contribution in [0.5, 0.6) is 0 Å². The van der Waals surface area contributed by atoms with Gasteiger partial charge in [0.2, 0.25) is 5.91 Å². The largest absolute Gasteiger partial charge is 0.393 e. The van der Waals surface area contributed by atoms with Gasteiger partial charge >= 0.3 is 0 Å². The monoisotopic (exact) mass is 374 g/mol. The van der Waals surface area contributed by atoms with Crippen LogP contribution in [0.25, 0.3) is 0 Å². The Balaban J connectivity index is 1.79. The fourth-order valence-corrected chi connectivity index (χ4v) is 2.78. The molecule has 0 aliphatic rings. The zero-order chi connectivity index (χ0) is 19.8. The maximum Gasteiger partial charge on any atom is 0.250 e. The quantitative estimate of drug-likeness (QED) is 0.357. The number of hydrazine groups is 1. The van der Waals surface area contributed by atoms with Crippen LogP contribution >= 0.6 is 0 Å². The maximum atomic E-state index is 13.0. The molecule has 142 valence electrons. The molecule has 0 unspecified atom stereocenters. The summed E-state index contributed by atoms with van der Waals surface area (Å²) < 4.78 is 0. The van der Waals surface area contributed by atoms with E-state index in [9.17, 15) is 4.79 Å². The topological polar surface area (TPSA) is 105 Å². The molecule has 0 atom stereocenters. The van der Waals surface area contributed by atoms with E-state index in [1.807, 2.05) is 60.7 Å². The minimum absolute atomic E-state index is 0.226. The first-order valence-electron chi connectivity index (χ1n) is 8.81. The number of amides is 1. The summed E-state index contributed by atoms with van der Waals surface area (Å²) in [5.74, 6) is 0.0800. The molecular weight excluding hydrogens is 352 g/mol. The highest BCUT2D eigenvalue weighted by Crippen LogP contribution is 2.25. The van der Waals surface area contributed by atoms with Gasteiger partial charge in [-0.3, -0.25) is 15.6 Å². The molecule has 3 aromatic rings. The normalized spacial score (nSPS) is 10.3. The Kier molecular flexibility index (Phi) is 6.20. The van der Waals surface area contributed by atoms with Crippen LogP contribution in [0.2, 0.25) is 0 Å². The molecule has 7 heteroatoms. The lowest BCUT2D eigenvalue weighted by atomic mass is 9.91. The van der Waals surface area contributed by atoms with E-state index in [1.165, 1.54) is 6.33 Å². The molecule has 7 nitrogen and oxygen atoms in total. The van der Waals surface area contributed by atoms with Crippen molar-refractivity contribution in [3.63, 3.8) is 0 Å². The van der Waals surface area contributed by atoms with Crippen molar-refractivity contribution in [3.05, 3.63) is 90.8 Å². The van der Waals surface area contributed by atoms with Gasteiger partial charge in [0.05, 0.1) is 5.92 Å². The van der Waals surface area contributed by atoms with Gasteiger partial charge < -0.3 is 11.1 Å². The number of nitrogens with two attached hydrogens (primary N) is 1. The highest BCUT2D eigenvalue weighted by atomic mass is 16.2.